The Balaban J connectivity index is 2.17. The van der Waals surface area contributed by atoms with Crippen LogP contribution in [-0.4, -0.2) is 53.3 Å². The number of likely N-dealkylation sites (N-methyl/N-ethyl adjacent to an activating group) is 1. The van der Waals surface area contributed by atoms with Crippen LogP contribution in [-0.2, 0) is 9.53 Å². The lowest BCUT2D eigenvalue weighted by molar-refractivity contribution is -0.142. The third-order valence-electron chi connectivity index (χ3n) is 3.96. The molecule has 0 spiro atoms. The van der Waals surface area contributed by atoms with Gasteiger partial charge in [-0.05, 0) is 39.0 Å². The average molecular weight is 355 g/mol. The van der Waals surface area contributed by atoms with Crippen molar-refractivity contribution in [3.63, 3.8) is 0 Å². The van der Waals surface area contributed by atoms with Crippen molar-refractivity contribution in [2.75, 3.05) is 18.5 Å². The van der Waals surface area contributed by atoms with Crippen LogP contribution in [0.5, 0.6) is 0 Å². The summed E-state index contributed by atoms with van der Waals surface area (Å²) in [5.74, 6) is -1.03. The second-order valence-electron chi connectivity index (χ2n) is 6.97. The summed E-state index contributed by atoms with van der Waals surface area (Å²) in [5, 5.41) is 10.1. The zero-order chi connectivity index (χ0) is 18.1. The Labute approximate surface area is 146 Å². The Morgan fingerprint density at radius 2 is 2.04 bits per heavy atom. The highest BCUT2D eigenvalue weighted by atomic mass is 35.5. The van der Waals surface area contributed by atoms with Gasteiger partial charge in [-0.2, -0.15) is 0 Å². The van der Waals surface area contributed by atoms with Gasteiger partial charge in [0.2, 0.25) is 0 Å². The third-order valence-corrected chi connectivity index (χ3v) is 4.19. The highest BCUT2D eigenvalue weighted by Crippen LogP contribution is 2.28. The minimum absolute atomic E-state index is 0.128. The van der Waals surface area contributed by atoms with E-state index in [4.69, 9.17) is 16.3 Å². The molecule has 1 aliphatic heterocycles. The Hall–Kier alpha value is -1.95. The van der Waals surface area contributed by atoms with Crippen molar-refractivity contribution in [3.8, 4) is 0 Å². The number of carboxylic acid groups (broad SMARTS) is 1. The van der Waals surface area contributed by atoms with Gasteiger partial charge in [-0.1, -0.05) is 17.7 Å². The van der Waals surface area contributed by atoms with Gasteiger partial charge in [-0.3, -0.25) is 4.90 Å². The lowest BCUT2D eigenvalue weighted by Gasteiger charge is -2.28. The highest BCUT2D eigenvalue weighted by Gasteiger charge is 2.43. The summed E-state index contributed by atoms with van der Waals surface area (Å²) in [7, 11) is 1.87. The van der Waals surface area contributed by atoms with Crippen molar-refractivity contribution < 1.29 is 19.4 Å². The number of likely N-dealkylation sites (tertiary alicyclic amines) is 1. The van der Waals surface area contributed by atoms with E-state index < -0.39 is 23.7 Å². The fourth-order valence-corrected chi connectivity index (χ4v) is 2.94. The second-order valence-corrected chi connectivity index (χ2v) is 7.40. The molecule has 0 aliphatic carbocycles. The highest BCUT2D eigenvalue weighted by molar-refractivity contribution is 6.30. The van der Waals surface area contributed by atoms with E-state index in [9.17, 15) is 14.7 Å². The molecule has 1 heterocycles. The summed E-state index contributed by atoms with van der Waals surface area (Å²) in [6.45, 7) is 5.56. The predicted octanol–water partition coefficient (Wildman–Crippen LogP) is 3.24. The Morgan fingerprint density at radius 3 is 2.58 bits per heavy atom. The lowest BCUT2D eigenvalue weighted by atomic mass is 10.1. The van der Waals surface area contributed by atoms with Gasteiger partial charge in [0.1, 0.15) is 11.6 Å². The van der Waals surface area contributed by atoms with Crippen LogP contribution < -0.4 is 4.90 Å². The van der Waals surface area contributed by atoms with Crippen LogP contribution in [0.25, 0.3) is 0 Å². The van der Waals surface area contributed by atoms with Crippen molar-refractivity contribution in [1.82, 2.24) is 4.90 Å². The first-order chi connectivity index (χ1) is 11.1. The van der Waals surface area contributed by atoms with Gasteiger partial charge in [0.25, 0.3) is 0 Å². The van der Waals surface area contributed by atoms with Gasteiger partial charge in [-0.25, -0.2) is 9.59 Å². The van der Waals surface area contributed by atoms with Gasteiger partial charge in [0.05, 0.1) is 0 Å². The fourth-order valence-electron chi connectivity index (χ4n) is 2.76. The third kappa shape index (κ3) is 4.32. The molecule has 24 heavy (non-hydrogen) atoms. The van der Waals surface area contributed by atoms with Gasteiger partial charge in [-0.15, -0.1) is 0 Å². The second kappa shape index (κ2) is 6.89. The molecule has 2 rings (SSSR count). The molecule has 0 radical (unpaired) electrons. The Morgan fingerprint density at radius 1 is 1.38 bits per heavy atom. The number of aliphatic carboxylic acids is 1. The lowest BCUT2D eigenvalue weighted by Crippen LogP contribution is -2.44. The Bertz CT molecular complexity index is 629. The normalized spacial score (nSPS) is 20.8. The van der Waals surface area contributed by atoms with Crippen LogP contribution in [0.3, 0.4) is 0 Å². The maximum atomic E-state index is 12.3. The molecular weight excluding hydrogens is 332 g/mol. The molecule has 1 aromatic carbocycles. The van der Waals surface area contributed by atoms with Crippen LogP contribution in [0.2, 0.25) is 5.02 Å². The molecule has 2 atom stereocenters. The van der Waals surface area contributed by atoms with Crippen molar-refractivity contribution >= 4 is 29.4 Å². The summed E-state index contributed by atoms with van der Waals surface area (Å²) in [4.78, 5) is 27.1. The van der Waals surface area contributed by atoms with Crippen molar-refractivity contribution in [2.24, 2.45) is 0 Å². The fraction of sp³-hybridized carbons (Fsp3) is 0.529. The maximum Gasteiger partial charge on any atom is 0.411 e. The minimum Gasteiger partial charge on any atom is -0.480 e. The van der Waals surface area contributed by atoms with Crippen LogP contribution in [0.1, 0.15) is 27.2 Å². The van der Waals surface area contributed by atoms with E-state index in [1.807, 2.05) is 30.1 Å². The number of halogens is 1. The maximum absolute atomic E-state index is 12.3. The monoisotopic (exact) mass is 354 g/mol. The molecule has 132 valence electrons. The molecule has 1 unspecified atom stereocenters. The van der Waals surface area contributed by atoms with Crippen molar-refractivity contribution in [2.45, 2.75) is 44.9 Å². The molecule has 1 fully saturated rings. The molecular formula is C17H23ClN2O4. The number of carboxylic acids is 1. The number of carbonyl (C=O) groups is 2. The molecule has 1 saturated heterocycles. The van der Waals surface area contributed by atoms with Gasteiger partial charge >= 0.3 is 12.1 Å². The van der Waals surface area contributed by atoms with Gasteiger partial charge < -0.3 is 14.7 Å². The van der Waals surface area contributed by atoms with E-state index in [0.29, 0.717) is 11.4 Å². The van der Waals surface area contributed by atoms with E-state index in [-0.39, 0.29) is 12.6 Å². The van der Waals surface area contributed by atoms with Crippen molar-refractivity contribution in [3.05, 3.63) is 29.3 Å². The zero-order valence-corrected chi connectivity index (χ0v) is 15.1. The van der Waals surface area contributed by atoms with Gasteiger partial charge in [0, 0.05) is 36.8 Å². The van der Waals surface area contributed by atoms with E-state index in [0.717, 1.165) is 5.69 Å². The molecule has 7 heteroatoms. The van der Waals surface area contributed by atoms with Crippen LogP contribution in [0.15, 0.2) is 24.3 Å². The van der Waals surface area contributed by atoms with E-state index in [1.165, 1.54) is 4.90 Å². The predicted molar refractivity (Wildman–Crippen MR) is 92.6 cm³/mol. The first-order valence-electron chi connectivity index (χ1n) is 7.79. The average Bonchev–Trinajstić information content (AvgIpc) is 2.90. The Kier molecular flexibility index (Phi) is 5.28. The molecule has 1 N–H and O–H groups in total. The summed E-state index contributed by atoms with van der Waals surface area (Å²) < 4.78 is 5.34. The number of benzene rings is 1. The van der Waals surface area contributed by atoms with Crippen LogP contribution >= 0.6 is 11.6 Å². The molecule has 1 amide bonds. The smallest absolute Gasteiger partial charge is 0.411 e. The molecule has 0 bridgehead atoms. The molecule has 1 aromatic rings. The number of hydrogen-bond donors (Lipinski definition) is 1. The molecule has 1 aliphatic rings. The summed E-state index contributed by atoms with van der Waals surface area (Å²) in [6, 6.07) is 6.30. The van der Waals surface area contributed by atoms with Crippen molar-refractivity contribution in [1.29, 1.82) is 0 Å². The van der Waals surface area contributed by atoms with Crippen LogP contribution in [0, 0.1) is 0 Å². The number of anilines is 1. The summed E-state index contributed by atoms with van der Waals surface area (Å²) >= 11 is 6.02. The number of amides is 1. The summed E-state index contributed by atoms with van der Waals surface area (Å²) in [6.07, 6.45) is -0.269. The standard InChI is InChI=1S/C17H23ClN2O4/c1-17(2,3)24-16(23)20-10-13(9-14(20)15(21)22)19(4)12-7-5-6-11(18)8-12/h5-8,13-14H,9-10H2,1-4H3,(H,21,22)/t13?,14-/m0/s1. The zero-order valence-electron chi connectivity index (χ0n) is 14.3. The van der Waals surface area contributed by atoms with Crippen LogP contribution in [0.4, 0.5) is 10.5 Å². The quantitative estimate of drug-likeness (QED) is 0.902. The van der Waals surface area contributed by atoms with Gasteiger partial charge in [0.15, 0.2) is 0 Å². The number of carbonyl (C=O) groups excluding carboxylic acids is 1. The number of nitrogens with zero attached hydrogens (tertiary/aromatic N) is 2. The summed E-state index contributed by atoms with van der Waals surface area (Å²) in [5.41, 5.74) is 0.208. The van der Waals surface area contributed by atoms with E-state index in [2.05, 4.69) is 0 Å². The van der Waals surface area contributed by atoms with E-state index >= 15 is 0 Å². The SMILES string of the molecule is CN(c1cccc(Cl)c1)C1C[C@@H](C(=O)O)N(C(=O)OC(C)(C)C)C1. The van der Waals surface area contributed by atoms with E-state index in [1.54, 1.807) is 26.8 Å². The number of ether oxygens (including phenoxy) is 1. The number of hydrogen-bond acceptors (Lipinski definition) is 4. The topological polar surface area (TPSA) is 70.1 Å². The molecule has 0 saturated carbocycles. The first kappa shape index (κ1) is 18.4. The molecule has 6 nitrogen and oxygen atoms in total. The minimum atomic E-state index is -1.03. The number of rotatable bonds is 3. The first-order valence-corrected chi connectivity index (χ1v) is 8.17. The molecule has 0 aromatic heterocycles. The largest absolute Gasteiger partial charge is 0.480 e.